The minimum atomic E-state index is -0.210. The summed E-state index contributed by atoms with van der Waals surface area (Å²) in [6, 6.07) is 22.0. The fourth-order valence-electron chi connectivity index (χ4n) is 6.16. The van der Waals surface area contributed by atoms with Crippen LogP contribution in [-0.4, -0.2) is 42.2 Å². The van der Waals surface area contributed by atoms with Gasteiger partial charge in [0.15, 0.2) is 0 Å². The predicted octanol–water partition coefficient (Wildman–Crippen LogP) is 4.77. The average molecular weight is 399 g/mol. The van der Waals surface area contributed by atoms with Gasteiger partial charge in [-0.3, -0.25) is 4.98 Å². The molecule has 3 nitrogen and oxygen atoms in total. The fraction of sp³-hybridized carbons (Fsp3) is 0.444. The molecule has 3 aliphatic rings. The second-order valence-electron chi connectivity index (χ2n) is 9.72. The molecule has 3 aromatic rings. The zero-order valence-corrected chi connectivity index (χ0v) is 17.8. The molecule has 1 saturated carbocycles. The van der Waals surface area contributed by atoms with Crippen LogP contribution in [0.25, 0.3) is 10.9 Å². The van der Waals surface area contributed by atoms with Crippen LogP contribution < -0.4 is 0 Å². The van der Waals surface area contributed by atoms with E-state index in [1.165, 1.54) is 41.6 Å². The number of aromatic nitrogens is 1. The maximum absolute atomic E-state index is 6.57. The summed E-state index contributed by atoms with van der Waals surface area (Å²) in [5, 5.41) is 1.24. The van der Waals surface area contributed by atoms with Crippen LogP contribution in [0.3, 0.4) is 0 Å². The molecule has 0 bridgehead atoms. The molecule has 30 heavy (non-hydrogen) atoms. The molecule has 1 aromatic heterocycles. The minimum Gasteiger partial charge on any atom is -0.376 e. The number of benzene rings is 2. The van der Waals surface area contributed by atoms with Crippen LogP contribution in [0, 0.1) is 5.92 Å². The summed E-state index contributed by atoms with van der Waals surface area (Å²) >= 11 is 0. The van der Waals surface area contributed by atoms with Gasteiger partial charge in [-0.25, -0.2) is 0 Å². The van der Waals surface area contributed by atoms with Gasteiger partial charge in [0.25, 0.3) is 0 Å². The predicted molar refractivity (Wildman–Crippen MR) is 121 cm³/mol. The smallest absolute Gasteiger partial charge is 0.0945 e. The zero-order chi connectivity index (χ0) is 20.2. The highest BCUT2D eigenvalue weighted by molar-refractivity contribution is 5.79. The molecule has 6 rings (SSSR count). The van der Waals surface area contributed by atoms with Gasteiger partial charge in [0.2, 0.25) is 0 Å². The Labute approximate surface area is 179 Å². The number of hydrogen-bond donors (Lipinski definition) is 0. The number of likely N-dealkylation sites (tertiary alicyclic amines) is 1. The van der Waals surface area contributed by atoms with Crippen molar-refractivity contribution >= 4 is 10.9 Å². The monoisotopic (exact) mass is 398 g/mol. The van der Waals surface area contributed by atoms with Crippen molar-refractivity contribution in [3.8, 4) is 0 Å². The van der Waals surface area contributed by atoms with Gasteiger partial charge in [0, 0.05) is 49.5 Å². The summed E-state index contributed by atoms with van der Waals surface area (Å²) in [6.07, 6.45) is 5.83. The van der Waals surface area contributed by atoms with E-state index in [0.29, 0.717) is 0 Å². The molecule has 0 radical (unpaired) electrons. The molecular weight excluding hydrogens is 368 g/mol. The van der Waals surface area contributed by atoms with Gasteiger partial charge < -0.3 is 9.64 Å². The van der Waals surface area contributed by atoms with E-state index in [-0.39, 0.29) is 11.0 Å². The van der Waals surface area contributed by atoms with Crippen molar-refractivity contribution < 1.29 is 4.74 Å². The van der Waals surface area contributed by atoms with E-state index in [1.807, 2.05) is 7.11 Å². The van der Waals surface area contributed by atoms with Gasteiger partial charge in [0.1, 0.15) is 0 Å². The average Bonchev–Trinajstić information content (AvgIpc) is 3.61. The molecule has 0 amide bonds. The van der Waals surface area contributed by atoms with Crippen LogP contribution in [0.1, 0.15) is 36.1 Å². The van der Waals surface area contributed by atoms with E-state index in [9.17, 15) is 0 Å². The maximum atomic E-state index is 6.57. The van der Waals surface area contributed by atoms with E-state index >= 15 is 0 Å². The van der Waals surface area contributed by atoms with Gasteiger partial charge in [-0.2, -0.15) is 0 Å². The van der Waals surface area contributed by atoms with Crippen LogP contribution in [0.2, 0.25) is 0 Å². The van der Waals surface area contributed by atoms with Gasteiger partial charge in [-0.1, -0.05) is 48.5 Å². The standard InChI is InChI=1S/C27H30N2O/c1-30-27-16-22-15-21-7-5-6-10-24(21)28-25(22)17-26(27,23-8-3-2-4-9-23)13-14-29(19-27)18-20-11-12-20/h2-10,15,20H,11-14,16-19H2,1H3/t26-,27-/m0/s1. The normalized spacial score (nSPS) is 28.8. The number of pyridine rings is 1. The van der Waals surface area contributed by atoms with E-state index in [0.717, 1.165) is 43.8 Å². The lowest BCUT2D eigenvalue weighted by Gasteiger charge is -2.58. The second kappa shape index (κ2) is 6.90. The Morgan fingerprint density at radius 1 is 1.03 bits per heavy atom. The van der Waals surface area contributed by atoms with E-state index in [1.54, 1.807) is 0 Å². The van der Waals surface area contributed by atoms with Crippen molar-refractivity contribution in [1.82, 2.24) is 9.88 Å². The Balaban J connectivity index is 1.50. The summed E-state index contributed by atoms with van der Waals surface area (Å²) in [6.45, 7) is 3.40. The number of methoxy groups -OCH3 is 1. The number of hydrogen-bond acceptors (Lipinski definition) is 3. The zero-order valence-electron chi connectivity index (χ0n) is 17.8. The Hall–Kier alpha value is -2.23. The third-order valence-electron chi connectivity index (χ3n) is 7.97. The largest absolute Gasteiger partial charge is 0.376 e. The van der Waals surface area contributed by atoms with Crippen LogP contribution in [0.5, 0.6) is 0 Å². The Bertz CT molecular complexity index is 1080. The molecule has 1 saturated heterocycles. The van der Waals surface area contributed by atoms with E-state index < -0.39 is 0 Å². The molecule has 2 aromatic carbocycles. The first-order valence-corrected chi connectivity index (χ1v) is 11.4. The summed E-state index contributed by atoms with van der Waals surface area (Å²) in [7, 11) is 1.94. The summed E-state index contributed by atoms with van der Waals surface area (Å²) in [5.41, 5.74) is 4.93. The summed E-state index contributed by atoms with van der Waals surface area (Å²) < 4.78 is 6.57. The third kappa shape index (κ3) is 2.83. The van der Waals surface area contributed by atoms with Crippen molar-refractivity contribution in [2.45, 2.75) is 43.1 Å². The van der Waals surface area contributed by atoms with Gasteiger partial charge in [-0.15, -0.1) is 0 Å². The van der Waals surface area contributed by atoms with Crippen LogP contribution >= 0.6 is 0 Å². The Morgan fingerprint density at radius 2 is 1.83 bits per heavy atom. The SMILES string of the molecule is CO[C@]12Cc3cc4ccccc4nc3C[C@]1(c1ccccc1)CCN(CC1CC1)C2. The number of rotatable bonds is 4. The molecule has 0 unspecified atom stereocenters. The first-order chi connectivity index (χ1) is 14.7. The highest BCUT2D eigenvalue weighted by Gasteiger charge is 2.58. The van der Waals surface area contributed by atoms with E-state index in [2.05, 4.69) is 65.6 Å². The molecule has 2 atom stereocenters. The van der Waals surface area contributed by atoms with E-state index in [4.69, 9.17) is 9.72 Å². The molecule has 1 aliphatic heterocycles. The van der Waals surface area contributed by atoms with Crippen molar-refractivity contribution in [1.29, 1.82) is 0 Å². The lowest BCUT2D eigenvalue weighted by atomic mass is 9.55. The number of fused-ring (bicyclic) bond motifs is 3. The second-order valence-corrected chi connectivity index (χ2v) is 9.72. The number of nitrogens with zero attached hydrogens (tertiary/aromatic N) is 2. The topological polar surface area (TPSA) is 25.4 Å². The quantitative estimate of drug-likeness (QED) is 0.633. The minimum absolute atomic E-state index is 0.0223. The summed E-state index contributed by atoms with van der Waals surface area (Å²) in [5.74, 6) is 0.907. The molecule has 0 spiro atoms. The lowest BCUT2D eigenvalue weighted by molar-refractivity contribution is -0.129. The molecule has 2 aliphatic carbocycles. The molecule has 2 fully saturated rings. The maximum Gasteiger partial charge on any atom is 0.0945 e. The Morgan fingerprint density at radius 3 is 2.63 bits per heavy atom. The van der Waals surface area contributed by atoms with Crippen LogP contribution in [0.4, 0.5) is 0 Å². The fourth-order valence-corrected chi connectivity index (χ4v) is 6.16. The third-order valence-corrected chi connectivity index (χ3v) is 7.97. The first-order valence-electron chi connectivity index (χ1n) is 11.4. The highest BCUT2D eigenvalue weighted by atomic mass is 16.5. The van der Waals surface area contributed by atoms with Crippen LogP contribution in [-0.2, 0) is 23.0 Å². The molecule has 0 N–H and O–H groups in total. The first kappa shape index (κ1) is 18.5. The molecule has 3 heteroatoms. The van der Waals surface area contributed by atoms with Gasteiger partial charge >= 0.3 is 0 Å². The van der Waals surface area contributed by atoms with Crippen LogP contribution in [0.15, 0.2) is 60.7 Å². The number of ether oxygens (including phenoxy) is 1. The highest BCUT2D eigenvalue weighted by Crippen LogP contribution is 2.52. The van der Waals surface area contributed by atoms with Gasteiger partial charge in [-0.05, 0) is 55.0 Å². The van der Waals surface area contributed by atoms with Crippen molar-refractivity contribution in [2.24, 2.45) is 5.92 Å². The van der Waals surface area contributed by atoms with Crippen molar-refractivity contribution in [3.63, 3.8) is 0 Å². The molecule has 154 valence electrons. The van der Waals surface area contributed by atoms with Gasteiger partial charge in [0.05, 0.1) is 11.1 Å². The Kier molecular flexibility index (Phi) is 4.26. The van der Waals surface area contributed by atoms with Crippen molar-refractivity contribution in [2.75, 3.05) is 26.7 Å². The molecular formula is C27H30N2O. The van der Waals surface area contributed by atoms with Crippen molar-refractivity contribution in [3.05, 3.63) is 77.5 Å². The number of para-hydroxylation sites is 1. The molecule has 2 heterocycles. The number of piperidine rings is 1. The lowest BCUT2D eigenvalue weighted by Crippen LogP contribution is -2.67. The summed E-state index contributed by atoms with van der Waals surface area (Å²) in [4.78, 5) is 7.83.